The summed E-state index contributed by atoms with van der Waals surface area (Å²) in [6, 6.07) is -0.320. The summed E-state index contributed by atoms with van der Waals surface area (Å²) in [6.45, 7) is 10.4. The number of hydrogen-bond acceptors (Lipinski definition) is 2. The monoisotopic (exact) mass is 240 g/mol. The fourth-order valence-electron chi connectivity index (χ4n) is 2.50. The molecule has 1 aliphatic heterocycles. The van der Waals surface area contributed by atoms with Gasteiger partial charge in [0.1, 0.15) is 0 Å². The first kappa shape index (κ1) is 14.5. The van der Waals surface area contributed by atoms with Crippen molar-refractivity contribution in [2.75, 3.05) is 13.1 Å². The van der Waals surface area contributed by atoms with Crippen molar-refractivity contribution in [1.82, 2.24) is 4.90 Å². The van der Waals surface area contributed by atoms with Gasteiger partial charge in [-0.15, -0.1) is 0 Å². The molecule has 1 rings (SSSR count). The van der Waals surface area contributed by atoms with Crippen LogP contribution < -0.4 is 5.73 Å². The smallest absolute Gasteiger partial charge is 0.239 e. The molecule has 0 aromatic rings. The SMILES string of the molecule is CCC(C)C(N)C(=O)N1CCCC(C)(CC)C1. The molecule has 0 spiro atoms. The Bertz CT molecular complexity index is 267. The molecule has 0 aromatic carbocycles. The lowest BCUT2D eigenvalue weighted by atomic mass is 9.79. The van der Waals surface area contributed by atoms with Gasteiger partial charge in [0, 0.05) is 13.1 Å². The molecule has 0 saturated carbocycles. The van der Waals surface area contributed by atoms with Crippen LogP contribution in [0.1, 0.15) is 53.4 Å². The summed E-state index contributed by atoms with van der Waals surface area (Å²) < 4.78 is 0. The van der Waals surface area contributed by atoms with E-state index in [1.165, 1.54) is 6.42 Å². The molecule has 0 aromatic heterocycles. The number of piperidine rings is 1. The molecular formula is C14H28N2O. The molecule has 1 heterocycles. The third-order valence-corrected chi connectivity index (χ3v) is 4.49. The van der Waals surface area contributed by atoms with Gasteiger partial charge in [-0.3, -0.25) is 4.79 Å². The van der Waals surface area contributed by atoms with E-state index in [0.29, 0.717) is 5.41 Å². The molecular weight excluding hydrogens is 212 g/mol. The van der Waals surface area contributed by atoms with Crippen molar-refractivity contribution in [3.8, 4) is 0 Å². The Labute approximate surface area is 106 Å². The molecule has 3 heteroatoms. The van der Waals surface area contributed by atoms with Gasteiger partial charge in [0.2, 0.25) is 5.91 Å². The van der Waals surface area contributed by atoms with Crippen LogP contribution in [0.25, 0.3) is 0 Å². The molecule has 1 fully saturated rings. The second-order valence-corrected chi connectivity index (χ2v) is 5.94. The minimum atomic E-state index is -0.320. The standard InChI is InChI=1S/C14H28N2O/c1-5-11(3)12(15)13(17)16-9-7-8-14(4,6-2)10-16/h11-12H,5-10,15H2,1-4H3. The first-order valence-electron chi connectivity index (χ1n) is 6.98. The van der Waals surface area contributed by atoms with E-state index in [1.54, 1.807) is 0 Å². The van der Waals surface area contributed by atoms with Crippen molar-refractivity contribution < 1.29 is 4.79 Å². The quantitative estimate of drug-likeness (QED) is 0.820. The molecule has 0 bridgehead atoms. The molecule has 3 nitrogen and oxygen atoms in total. The lowest BCUT2D eigenvalue weighted by molar-refractivity contribution is -0.137. The predicted octanol–water partition coefficient (Wildman–Crippen LogP) is 2.40. The summed E-state index contributed by atoms with van der Waals surface area (Å²) >= 11 is 0. The topological polar surface area (TPSA) is 46.3 Å². The molecule has 3 atom stereocenters. The van der Waals surface area contributed by atoms with Crippen molar-refractivity contribution in [2.24, 2.45) is 17.1 Å². The molecule has 0 aliphatic carbocycles. The number of amides is 1. The largest absolute Gasteiger partial charge is 0.341 e. The van der Waals surface area contributed by atoms with E-state index < -0.39 is 0 Å². The van der Waals surface area contributed by atoms with Gasteiger partial charge in [-0.05, 0) is 30.6 Å². The Morgan fingerprint density at radius 2 is 2.12 bits per heavy atom. The van der Waals surface area contributed by atoms with Gasteiger partial charge in [-0.2, -0.15) is 0 Å². The van der Waals surface area contributed by atoms with Crippen LogP contribution in [0.2, 0.25) is 0 Å². The molecule has 3 unspecified atom stereocenters. The van der Waals surface area contributed by atoms with E-state index in [2.05, 4.69) is 27.7 Å². The fraction of sp³-hybridized carbons (Fsp3) is 0.929. The van der Waals surface area contributed by atoms with Gasteiger partial charge in [-0.1, -0.05) is 34.1 Å². The highest BCUT2D eigenvalue weighted by Gasteiger charge is 2.34. The molecule has 1 amide bonds. The van der Waals surface area contributed by atoms with E-state index >= 15 is 0 Å². The maximum atomic E-state index is 12.3. The first-order chi connectivity index (χ1) is 7.93. The lowest BCUT2D eigenvalue weighted by Gasteiger charge is -2.41. The van der Waals surface area contributed by atoms with Crippen molar-refractivity contribution in [3.63, 3.8) is 0 Å². The van der Waals surface area contributed by atoms with Gasteiger partial charge in [0.05, 0.1) is 6.04 Å². The van der Waals surface area contributed by atoms with Crippen molar-refractivity contribution in [1.29, 1.82) is 0 Å². The number of carbonyl (C=O) groups is 1. The van der Waals surface area contributed by atoms with Gasteiger partial charge >= 0.3 is 0 Å². The summed E-state index contributed by atoms with van der Waals surface area (Å²) in [4.78, 5) is 14.3. The molecule has 0 radical (unpaired) electrons. The highest BCUT2D eigenvalue weighted by atomic mass is 16.2. The van der Waals surface area contributed by atoms with E-state index in [1.807, 2.05) is 4.90 Å². The summed E-state index contributed by atoms with van der Waals surface area (Å²) in [5.74, 6) is 0.427. The number of nitrogens with two attached hydrogens (primary N) is 1. The summed E-state index contributed by atoms with van der Waals surface area (Å²) in [7, 11) is 0. The second-order valence-electron chi connectivity index (χ2n) is 5.94. The minimum absolute atomic E-state index is 0.152. The lowest BCUT2D eigenvalue weighted by Crippen LogP contribution is -2.52. The third-order valence-electron chi connectivity index (χ3n) is 4.49. The third kappa shape index (κ3) is 3.44. The van der Waals surface area contributed by atoms with Gasteiger partial charge in [0.15, 0.2) is 0 Å². The van der Waals surface area contributed by atoms with Crippen LogP contribution in [0.15, 0.2) is 0 Å². The van der Waals surface area contributed by atoms with Crippen molar-refractivity contribution in [2.45, 2.75) is 59.4 Å². The van der Waals surface area contributed by atoms with Crippen molar-refractivity contribution >= 4 is 5.91 Å². The first-order valence-corrected chi connectivity index (χ1v) is 6.98. The summed E-state index contributed by atoms with van der Waals surface area (Å²) in [6.07, 6.45) is 4.44. The van der Waals surface area contributed by atoms with Crippen LogP contribution in [0.3, 0.4) is 0 Å². The Kier molecular flexibility index (Phi) is 4.99. The molecule has 2 N–H and O–H groups in total. The molecule has 100 valence electrons. The van der Waals surface area contributed by atoms with E-state index in [0.717, 1.165) is 32.4 Å². The van der Waals surface area contributed by atoms with Crippen molar-refractivity contribution in [3.05, 3.63) is 0 Å². The Morgan fingerprint density at radius 1 is 1.47 bits per heavy atom. The maximum absolute atomic E-state index is 12.3. The molecule has 1 aliphatic rings. The number of hydrogen-bond donors (Lipinski definition) is 1. The Balaban J connectivity index is 2.63. The van der Waals surface area contributed by atoms with E-state index in [4.69, 9.17) is 5.73 Å². The number of carbonyl (C=O) groups excluding carboxylic acids is 1. The van der Waals surface area contributed by atoms with Crippen LogP contribution in [0.5, 0.6) is 0 Å². The minimum Gasteiger partial charge on any atom is -0.341 e. The molecule has 17 heavy (non-hydrogen) atoms. The van der Waals surface area contributed by atoms with Gasteiger partial charge in [0.25, 0.3) is 0 Å². The summed E-state index contributed by atoms with van der Waals surface area (Å²) in [5, 5.41) is 0. The Hall–Kier alpha value is -0.570. The maximum Gasteiger partial charge on any atom is 0.239 e. The zero-order chi connectivity index (χ0) is 13.1. The van der Waals surface area contributed by atoms with Gasteiger partial charge in [-0.25, -0.2) is 0 Å². The zero-order valence-corrected chi connectivity index (χ0v) is 11.8. The number of likely N-dealkylation sites (tertiary alicyclic amines) is 1. The van der Waals surface area contributed by atoms with Crippen LogP contribution in [-0.2, 0) is 4.79 Å². The van der Waals surface area contributed by atoms with E-state index in [9.17, 15) is 4.79 Å². The van der Waals surface area contributed by atoms with E-state index in [-0.39, 0.29) is 17.9 Å². The highest BCUT2D eigenvalue weighted by molar-refractivity contribution is 5.82. The highest BCUT2D eigenvalue weighted by Crippen LogP contribution is 2.32. The van der Waals surface area contributed by atoms with Crippen LogP contribution in [0, 0.1) is 11.3 Å². The van der Waals surface area contributed by atoms with Crippen LogP contribution >= 0.6 is 0 Å². The number of rotatable bonds is 4. The number of nitrogens with zero attached hydrogens (tertiary/aromatic N) is 1. The van der Waals surface area contributed by atoms with Crippen LogP contribution in [-0.4, -0.2) is 29.9 Å². The second kappa shape index (κ2) is 5.85. The Morgan fingerprint density at radius 3 is 2.65 bits per heavy atom. The van der Waals surface area contributed by atoms with Gasteiger partial charge < -0.3 is 10.6 Å². The normalized spacial score (nSPS) is 28.9. The average Bonchev–Trinajstić information content (AvgIpc) is 2.36. The zero-order valence-electron chi connectivity index (χ0n) is 11.8. The summed E-state index contributed by atoms with van der Waals surface area (Å²) in [5.41, 5.74) is 6.34. The molecule has 1 saturated heterocycles. The average molecular weight is 240 g/mol. The van der Waals surface area contributed by atoms with Crippen LogP contribution in [0.4, 0.5) is 0 Å². The predicted molar refractivity (Wildman–Crippen MR) is 71.6 cm³/mol. The fourth-order valence-corrected chi connectivity index (χ4v) is 2.50.